The van der Waals surface area contributed by atoms with Crippen molar-refractivity contribution >= 4 is 17.0 Å². The first kappa shape index (κ1) is 10.5. The maximum absolute atomic E-state index is 13.8. The molecular formula is C12H15FN4. The van der Waals surface area contributed by atoms with Gasteiger partial charge >= 0.3 is 0 Å². The van der Waals surface area contributed by atoms with Gasteiger partial charge in [-0.1, -0.05) is 6.07 Å². The maximum atomic E-state index is 13.8. The lowest BCUT2D eigenvalue weighted by Crippen LogP contribution is -2.27. The van der Waals surface area contributed by atoms with Crippen LogP contribution in [0.25, 0.3) is 11.0 Å². The van der Waals surface area contributed by atoms with Gasteiger partial charge in [-0.3, -0.25) is 0 Å². The SMILES string of the molecule is Nc1nc2cccc(F)c2n1CC1CCCN1. The van der Waals surface area contributed by atoms with Crippen LogP contribution >= 0.6 is 0 Å². The van der Waals surface area contributed by atoms with Crippen LogP contribution in [0, 0.1) is 5.82 Å². The van der Waals surface area contributed by atoms with E-state index < -0.39 is 0 Å². The van der Waals surface area contributed by atoms with Gasteiger partial charge in [-0.25, -0.2) is 9.37 Å². The van der Waals surface area contributed by atoms with Crippen molar-refractivity contribution in [3.05, 3.63) is 24.0 Å². The average molecular weight is 234 g/mol. The first-order valence-electron chi connectivity index (χ1n) is 5.89. The number of benzene rings is 1. The Kier molecular flexibility index (Phi) is 2.48. The van der Waals surface area contributed by atoms with E-state index in [1.807, 2.05) is 0 Å². The van der Waals surface area contributed by atoms with Gasteiger partial charge in [0, 0.05) is 12.6 Å². The number of nitrogen functional groups attached to an aromatic ring is 1. The third kappa shape index (κ3) is 1.76. The van der Waals surface area contributed by atoms with Crippen molar-refractivity contribution < 1.29 is 4.39 Å². The Labute approximate surface area is 98.6 Å². The van der Waals surface area contributed by atoms with Crippen LogP contribution in [-0.2, 0) is 6.54 Å². The number of halogens is 1. The number of anilines is 1. The summed E-state index contributed by atoms with van der Waals surface area (Å²) in [6.45, 7) is 1.71. The molecule has 17 heavy (non-hydrogen) atoms. The second-order valence-electron chi connectivity index (χ2n) is 4.48. The minimum absolute atomic E-state index is 0.260. The summed E-state index contributed by atoms with van der Waals surface area (Å²) in [5, 5.41) is 3.38. The zero-order chi connectivity index (χ0) is 11.8. The lowest BCUT2D eigenvalue weighted by Gasteiger charge is -2.13. The highest BCUT2D eigenvalue weighted by Gasteiger charge is 2.19. The standard InChI is InChI=1S/C12H15FN4/c13-9-4-1-5-10-11(9)17(12(14)16-10)7-8-3-2-6-15-8/h1,4-5,8,15H,2-3,6-7H2,(H2,14,16). The molecule has 1 fully saturated rings. The smallest absolute Gasteiger partial charge is 0.201 e. The van der Waals surface area contributed by atoms with Crippen molar-refractivity contribution in [3.8, 4) is 0 Å². The molecule has 1 saturated heterocycles. The van der Waals surface area contributed by atoms with E-state index in [9.17, 15) is 4.39 Å². The number of hydrogen-bond donors (Lipinski definition) is 2. The monoisotopic (exact) mass is 234 g/mol. The fraction of sp³-hybridized carbons (Fsp3) is 0.417. The van der Waals surface area contributed by atoms with Gasteiger partial charge in [-0.05, 0) is 31.5 Å². The normalized spacial score (nSPS) is 20.2. The van der Waals surface area contributed by atoms with E-state index in [1.165, 1.54) is 12.5 Å². The molecule has 1 aliphatic rings. The number of aromatic nitrogens is 2. The number of nitrogens with one attached hydrogen (secondary N) is 1. The molecule has 1 aromatic heterocycles. The molecule has 0 saturated carbocycles. The summed E-state index contributed by atoms with van der Waals surface area (Å²) < 4.78 is 15.6. The molecule has 0 spiro atoms. The first-order chi connectivity index (χ1) is 8.25. The molecule has 3 N–H and O–H groups in total. The quantitative estimate of drug-likeness (QED) is 0.828. The second kappa shape index (κ2) is 4.00. The number of imidazole rings is 1. The summed E-state index contributed by atoms with van der Waals surface area (Å²) in [6, 6.07) is 5.26. The molecule has 1 atom stereocenters. The van der Waals surface area contributed by atoms with Gasteiger partial charge in [-0.15, -0.1) is 0 Å². The van der Waals surface area contributed by atoms with E-state index in [4.69, 9.17) is 5.73 Å². The van der Waals surface area contributed by atoms with Gasteiger partial charge in [0.2, 0.25) is 5.95 Å². The van der Waals surface area contributed by atoms with Crippen LogP contribution in [0.4, 0.5) is 10.3 Å². The van der Waals surface area contributed by atoms with E-state index in [1.54, 1.807) is 16.7 Å². The zero-order valence-corrected chi connectivity index (χ0v) is 9.49. The molecule has 0 radical (unpaired) electrons. The lowest BCUT2D eigenvalue weighted by molar-refractivity contribution is 0.515. The maximum Gasteiger partial charge on any atom is 0.201 e. The Morgan fingerprint density at radius 2 is 2.41 bits per heavy atom. The topological polar surface area (TPSA) is 55.9 Å². The van der Waals surface area contributed by atoms with E-state index in [-0.39, 0.29) is 5.82 Å². The summed E-state index contributed by atoms with van der Waals surface area (Å²) >= 11 is 0. The predicted molar refractivity (Wildman–Crippen MR) is 65.1 cm³/mol. The molecule has 1 aliphatic heterocycles. The average Bonchev–Trinajstić information content (AvgIpc) is 2.89. The van der Waals surface area contributed by atoms with E-state index in [0.717, 1.165) is 13.0 Å². The van der Waals surface area contributed by atoms with Gasteiger partial charge in [0.05, 0.1) is 5.52 Å². The Bertz CT molecular complexity index is 543. The molecule has 1 unspecified atom stereocenters. The van der Waals surface area contributed by atoms with Gasteiger partial charge in [-0.2, -0.15) is 0 Å². The largest absolute Gasteiger partial charge is 0.369 e. The van der Waals surface area contributed by atoms with Crippen molar-refractivity contribution in [2.24, 2.45) is 0 Å². The Balaban J connectivity index is 2.04. The van der Waals surface area contributed by atoms with Crippen molar-refractivity contribution in [2.75, 3.05) is 12.3 Å². The van der Waals surface area contributed by atoms with Crippen molar-refractivity contribution in [1.82, 2.24) is 14.9 Å². The number of nitrogens with zero attached hydrogens (tertiary/aromatic N) is 2. The molecule has 0 amide bonds. The number of nitrogens with two attached hydrogens (primary N) is 1. The van der Waals surface area contributed by atoms with E-state index >= 15 is 0 Å². The van der Waals surface area contributed by atoms with Gasteiger partial charge < -0.3 is 15.6 Å². The number of hydrogen-bond acceptors (Lipinski definition) is 3. The lowest BCUT2D eigenvalue weighted by atomic mass is 10.2. The van der Waals surface area contributed by atoms with Crippen LogP contribution < -0.4 is 11.1 Å². The Morgan fingerprint density at radius 1 is 1.53 bits per heavy atom. The number of fused-ring (bicyclic) bond motifs is 1. The van der Waals surface area contributed by atoms with Crippen molar-refractivity contribution in [2.45, 2.75) is 25.4 Å². The van der Waals surface area contributed by atoms with E-state index in [0.29, 0.717) is 29.6 Å². The van der Waals surface area contributed by atoms with Crippen LogP contribution in [0.2, 0.25) is 0 Å². The molecule has 3 rings (SSSR count). The molecule has 90 valence electrons. The third-order valence-electron chi connectivity index (χ3n) is 3.31. The molecule has 1 aromatic carbocycles. The van der Waals surface area contributed by atoms with Crippen molar-refractivity contribution in [3.63, 3.8) is 0 Å². The number of para-hydroxylation sites is 1. The zero-order valence-electron chi connectivity index (χ0n) is 9.49. The molecule has 2 heterocycles. The van der Waals surface area contributed by atoms with Gasteiger partial charge in [0.1, 0.15) is 11.3 Å². The molecular weight excluding hydrogens is 219 g/mol. The van der Waals surface area contributed by atoms with Crippen LogP contribution in [0.5, 0.6) is 0 Å². The number of rotatable bonds is 2. The van der Waals surface area contributed by atoms with Crippen LogP contribution in [0.3, 0.4) is 0 Å². The highest BCUT2D eigenvalue weighted by Crippen LogP contribution is 2.22. The summed E-state index contributed by atoms with van der Waals surface area (Å²) in [5.41, 5.74) is 7.00. The highest BCUT2D eigenvalue weighted by molar-refractivity contribution is 5.78. The fourth-order valence-electron chi connectivity index (χ4n) is 2.48. The van der Waals surface area contributed by atoms with Crippen molar-refractivity contribution in [1.29, 1.82) is 0 Å². The molecule has 4 nitrogen and oxygen atoms in total. The minimum Gasteiger partial charge on any atom is -0.369 e. The first-order valence-corrected chi connectivity index (χ1v) is 5.89. The van der Waals surface area contributed by atoms with Crippen LogP contribution in [-0.4, -0.2) is 22.1 Å². The second-order valence-corrected chi connectivity index (χ2v) is 4.48. The summed E-state index contributed by atoms with van der Waals surface area (Å²) in [7, 11) is 0. The summed E-state index contributed by atoms with van der Waals surface area (Å²) in [5.74, 6) is 0.128. The minimum atomic E-state index is -0.260. The summed E-state index contributed by atoms with van der Waals surface area (Å²) in [4.78, 5) is 4.19. The molecule has 2 aromatic rings. The highest BCUT2D eigenvalue weighted by atomic mass is 19.1. The summed E-state index contributed by atoms with van der Waals surface area (Å²) in [6.07, 6.45) is 2.27. The van der Waals surface area contributed by atoms with E-state index in [2.05, 4.69) is 10.3 Å². The Hall–Kier alpha value is -1.62. The molecule has 5 heteroatoms. The fourth-order valence-corrected chi connectivity index (χ4v) is 2.48. The third-order valence-corrected chi connectivity index (χ3v) is 3.31. The van der Waals surface area contributed by atoms with Gasteiger partial charge in [0.25, 0.3) is 0 Å². The van der Waals surface area contributed by atoms with Crippen LogP contribution in [0.1, 0.15) is 12.8 Å². The van der Waals surface area contributed by atoms with Crippen LogP contribution in [0.15, 0.2) is 18.2 Å². The Morgan fingerprint density at radius 3 is 3.18 bits per heavy atom. The molecule has 0 aliphatic carbocycles. The predicted octanol–water partition coefficient (Wildman–Crippen LogP) is 1.51. The van der Waals surface area contributed by atoms with Gasteiger partial charge in [0.15, 0.2) is 0 Å². The molecule has 0 bridgehead atoms.